The number of nitrogens with zero attached hydrogens (tertiary/aromatic N) is 5. The SMILES string of the molecule is c1ccc(N(c2ccccc2)c2ccc3nc(-c4ccc(N(c5ccc6c(c5)c5ccccc5n6-c5ccccc5)c5ccc6c(c5)c5ccccc5n6-c5ccccc5)cc4)oc3c2)cc1. The number of aromatic nitrogens is 3. The highest BCUT2D eigenvalue weighted by Crippen LogP contribution is 2.43. The Kier molecular flexibility index (Phi) is 9.06. The zero-order chi connectivity index (χ0) is 44.3. The van der Waals surface area contributed by atoms with E-state index in [4.69, 9.17) is 9.40 Å². The van der Waals surface area contributed by atoms with Crippen LogP contribution in [0.3, 0.4) is 0 Å². The molecule has 0 radical (unpaired) electrons. The molecule has 13 rings (SSSR count). The third kappa shape index (κ3) is 6.53. The summed E-state index contributed by atoms with van der Waals surface area (Å²) in [7, 11) is 0. The lowest BCUT2D eigenvalue weighted by molar-refractivity contribution is 0.620. The molecule has 0 unspecified atom stereocenters. The zero-order valence-electron chi connectivity index (χ0n) is 36.3. The molecule has 0 amide bonds. The van der Waals surface area contributed by atoms with Gasteiger partial charge in [-0.25, -0.2) is 4.98 Å². The first-order valence-electron chi connectivity index (χ1n) is 22.6. The third-order valence-corrected chi connectivity index (χ3v) is 12.9. The molecule has 316 valence electrons. The zero-order valence-corrected chi connectivity index (χ0v) is 36.3. The molecule has 0 bridgehead atoms. The monoisotopic (exact) mass is 859 g/mol. The van der Waals surface area contributed by atoms with E-state index in [0.29, 0.717) is 5.89 Å². The van der Waals surface area contributed by atoms with Gasteiger partial charge in [0, 0.05) is 78.7 Å². The predicted octanol–water partition coefficient (Wildman–Crippen LogP) is 16.6. The molecule has 0 atom stereocenters. The van der Waals surface area contributed by atoms with E-state index < -0.39 is 0 Å². The first-order valence-corrected chi connectivity index (χ1v) is 22.6. The van der Waals surface area contributed by atoms with Crippen LogP contribution in [0.25, 0.3) is 77.5 Å². The molecule has 0 aliphatic carbocycles. The molecule has 3 aromatic heterocycles. The molecule has 0 saturated carbocycles. The molecule has 3 heterocycles. The molecule has 10 aromatic carbocycles. The Hall–Kier alpha value is -9.13. The van der Waals surface area contributed by atoms with Crippen LogP contribution in [0.15, 0.2) is 253 Å². The lowest BCUT2D eigenvalue weighted by Gasteiger charge is -2.26. The second kappa shape index (κ2) is 15.8. The van der Waals surface area contributed by atoms with Crippen molar-refractivity contribution in [3.8, 4) is 22.8 Å². The second-order valence-electron chi connectivity index (χ2n) is 16.8. The van der Waals surface area contributed by atoms with Gasteiger partial charge < -0.3 is 23.4 Å². The highest BCUT2D eigenvalue weighted by molar-refractivity contribution is 6.12. The van der Waals surface area contributed by atoms with Gasteiger partial charge in [-0.2, -0.15) is 0 Å². The normalized spacial score (nSPS) is 11.6. The van der Waals surface area contributed by atoms with Gasteiger partial charge in [0.2, 0.25) is 5.89 Å². The molecule has 0 aliphatic rings. The van der Waals surface area contributed by atoms with Crippen LogP contribution in [0.4, 0.5) is 34.1 Å². The van der Waals surface area contributed by atoms with Crippen LogP contribution in [0.1, 0.15) is 0 Å². The van der Waals surface area contributed by atoms with Crippen molar-refractivity contribution in [1.82, 2.24) is 14.1 Å². The van der Waals surface area contributed by atoms with Gasteiger partial charge in [0.15, 0.2) is 5.58 Å². The average Bonchev–Trinajstić information content (AvgIpc) is 4.08. The third-order valence-electron chi connectivity index (χ3n) is 12.9. The van der Waals surface area contributed by atoms with E-state index in [2.05, 4.69) is 249 Å². The van der Waals surface area contributed by atoms with Crippen LogP contribution in [0.5, 0.6) is 0 Å². The summed E-state index contributed by atoms with van der Waals surface area (Å²) in [4.78, 5) is 9.60. The Labute approximate surface area is 387 Å². The van der Waals surface area contributed by atoms with E-state index in [1.54, 1.807) is 0 Å². The van der Waals surface area contributed by atoms with Gasteiger partial charge in [-0.1, -0.05) is 109 Å². The minimum Gasteiger partial charge on any atom is -0.436 e. The molecule has 0 aliphatic heterocycles. The number of fused-ring (bicyclic) bond motifs is 7. The number of anilines is 6. The van der Waals surface area contributed by atoms with Crippen LogP contribution in [0.2, 0.25) is 0 Å². The Balaban J connectivity index is 0.944. The maximum Gasteiger partial charge on any atom is 0.227 e. The summed E-state index contributed by atoms with van der Waals surface area (Å²) in [5.41, 5.74) is 15.6. The van der Waals surface area contributed by atoms with E-state index in [0.717, 1.165) is 73.2 Å². The topological polar surface area (TPSA) is 42.4 Å². The Morgan fingerprint density at radius 2 is 0.701 bits per heavy atom. The number of hydrogen-bond donors (Lipinski definition) is 0. The molecule has 0 N–H and O–H groups in total. The smallest absolute Gasteiger partial charge is 0.227 e. The van der Waals surface area contributed by atoms with Crippen molar-refractivity contribution >= 4 is 88.8 Å². The number of oxazole rings is 1. The van der Waals surface area contributed by atoms with Gasteiger partial charge in [-0.3, -0.25) is 0 Å². The maximum absolute atomic E-state index is 6.59. The fourth-order valence-corrected chi connectivity index (χ4v) is 9.89. The van der Waals surface area contributed by atoms with E-state index in [9.17, 15) is 0 Å². The summed E-state index contributed by atoms with van der Waals surface area (Å²) >= 11 is 0. The van der Waals surface area contributed by atoms with Crippen LogP contribution < -0.4 is 9.80 Å². The highest BCUT2D eigenvalue weighted by atomic mass is 16.3. The first kappa shape index (κ1) is 38.3. The Morgan fingerprint density at radius 3 is 1.22 bits per heavy atom. The first-order chi connectivity index (χ1) is 33.2. The van der Waals surface area contributed by atoms with E-state index in [1.807, 2.05) is 18.2 Å². The van der Waals surface area contributed by atoms with Crippen molar-refractivity contribution in [2.75, 3.05) is 9.80 Å². The summed E-state index contributed by atoms with van der Waals surface area (Å²) in [6.07, 6.45) is 0. The van der Waals surface area contributed by atoms with Crippen LogP contribution >= 0.6 is 0 Å². The van der Waals surface area contributed by atoms with Crippen molar-refractivity contribution in [1.29, 1.82) is 0 Å². The lowest BCUT2D eigenvalue weighted by Crippen LogP contribution is -2.10. The summed E-state index contributed by atoms with van der Waals surface area (Å²) in [6, 6.07) is 88.0. The van der Waals surface area contributed by atoms with Crippen LogP contribution in [0, 0.1) is 0 Å². The molecule has 67 heavy (non-hydrogen) atoms. The fourth-order valence-electron chi connectivity index (χ4n) is 9.89. The molecule has 13 aromatic rings. The van der Waals surface area contributed by atoms with Crippen molar-refractivity contribution in [3.63, 3.8) is 0 Å². The van der Waals surface area contributed by atoms with E-state index in [-0.39, 0.29) is 0 Å². The van der Waals surface area contributed by atoms with Crippen molar-refractivity contribution in [3.05, 3.63) is 249 Å². The summed E-state index contributed by atoms with van der Waals surface area (Å²) in [5.74, 6) is 0.571. The van der Waals surface area contributed by atoms with Gasteiger partial charge in [0.25, 0.3) is 0 Å². The van der Waals surface area contributed by atoms with Crippen molar-refractivity contribution < 1.29 is 4.42 Å². The molecule has 0 fully saturated rings. The highest BCUT2D eigenvalue weighted by Gasteiger charge is 2.21. The number of rotatable bonds is 9. The van der Waals surface area contributed by atoms with Gasteiger partial charge >= 0.3 is 0 Å². The number of para-hydroxylation sites is 6. The predicted molar refractivity (Wildman–Crippen MR) is 277 cm³/mol. The molecular weight excluding hydrogens is 819 g/mol. The van der Waals surface area contributed by atoms with E-state index >= 15 is 0 Å². The van der Waals surface area contributed by atoms with Gasteiger partial charge in [0.05, 0.1) is 22.1 Å². The lowest BCUT2D eigenvalue weighted by atomic mass is 10.1. The number of benzene rings is 10. The molecule has 0 saturated heterocycles. The maximum atomic E-state index is 6.59. The molecular formula is C61H41N5O. The fraction of sp³-hybridized carbons (Fsp3) is 0. The van der Waals surface area contributed by atoms with Gasteiger partial charge in [-0.15, -0.1) is 0 Å². The molecule has 6 nitrogen and oxygen atoms in total. The summed E-state index contributed by atoms with van der Waals surface area (Å²) in [6.45, 7) is 0. The average molecular weight is 860 g/mol. The quantitative estimate of drug-likeness (QED) is 0.145. The minimum atomic E-state index is 0.571. The van der Waals surface area contributed by atoms with Crippen molar-refractivity contribution in [2.24, 2.45) is 0 Å². The van der Waals surface area contributed by atoms with Crippen molar-refractivity contribution in [2.45, 2.75) is 0 Å². The van der Waals surface area contributed by atoms with Crippen LogP contribution in [-0.4, -0.2) is 14.1 Å². The molecule has 6 heteroatoms. The Morgan fingerprint density at radius 1 is 0.313 bits per heavy atom. The standard InChI is InChI=1S/C61H41N5O/c1-5-17-43(18-6-1)63(44-19-7-2-8-20-44)50-33-36-55-60(41-50)67-61(62-55)42-29-31-47(32-30-42)64(48-34-37-58-53(39-48)51-25-13-15-27-56(51)65(58)45-21-9-3-10-22-45)49-35-38-59-54(40-49)52-26-14-16-28-57(52)66(59)46-23-11-4-12-24-46/h1-41H. The van der Waals surface area contributed by atoms with Gasteiger partial charge in [0.1, 0.15) is 5.52 Å². The van der Waals surface area contributed by atoms with Crippen LogP contribution in [-0.2, 0) is 0 Å². The van der Waals surface area contributed by atoms with Gasteiger partial charge in [-0.05, 0) is 133 Å². The molecule has 0 spiro atoms. The summed E-state index contributed by atoms with van der Waals surface area (Å²) < 4.78 is 11.3. The Bertz CT molecular complexity index is 3720. The minimum absolute atomic E-state index is 0.571. The largest absolute Gasteiger partial charge is 0.436 e. The van der Waals surface area contributed by atoms with E-state index in [1.165, 1.54) is 32.6 Å². The summed E-state index contributed by atoms with van der Waals surface area (Å²) in [5, 5.41) is 4.78. The number of hydrogen-bond acceptors (Lipinski definition) is 4. The second-order valence-corrected chi connectivity index (χ2v) is 16.8.